The molecule has 0 aliphatic heterocycles. The average molecular weight is 163 g/mol. The lowest BCUT2D eigenvalue weighted by Gasteiger charge is -2.13. The highest BCUT2D eigenvalue weighted by atomic mass is 32.2. The fraction of sp³-hybridized carbons (Fsp3) is 0.833. The molecule has 0 rings (SSSR count). The van der Waals surface area contributed by atoms with Crippen molar-refractivity contribution in [2.45, 2.75) is 13.0 Å². The van der Waals surface area contributed by atoms with Crippen LogP contribution in [0.3, 0.4) is 0 Å². The van der Waals surface area contributed by atoms with Crippen LogP contribution in [0.25, 0.3) is 0 Å². The highest BCUT2D eigenvalue weighted by Gasteiger charge is 2.18. The first-order valence-electron chi connectivity index (χ1n) is 3.07. The van der Waals surface area contributed by atoms with Crippen molar-refractivity contribution in [2.75, 3.05) is 12.0 Å². The number of hydrogen-bond donors (Lipinski definition) is 2. The van der Waals surface area contributed by atoms with Gasteiger partial charge >= 0.3 is 5.97 Å². The highest BCUT2D eigenvalue weighted by molar-refractivity contribution is 7.98. The molecule has 2 atom stereocenters. The number of nitrogens with two attached hydrogens (primary N) is 1. The van der Waals surface area contributed by atoms with Crippen molar-refractivity contribution in [3.05, 3.63) is 0 Å². The Morgan fingerprint density at radius 1 is 1.80 bits per heavy atom. The maximum absolute atomic E-state index is 10.3. The molecule has 3 nitrogen and oxygen atoms in total. The third kappa shape index (κ3) is 3.08. The van der Waals surface area contributed by atoms with E-state index in [0.717, 1.165) is 5.75 Å². The Morgan fingerprint density at radius 3 is 2.60 bits per heavy atom. The van der Waals surface area contributed by atoms with E-state index in [9.17, 15) is 4.79 Å². The molecule has 10 heavy (non-hydrogen) atoms. The van der Waals surface area contributed by atoms with Gasteiger partial charge in [0.05, 0.1) is 0 Å². The number of rotatable bonds is 4. The molecule has 60 valence electrons. The molecule has 0 fully saturated rings. The van der Waals surface area contributed by atoms with Gasteiger partial charge in [-0.15, -0.1) is 0 Å². The summed E-state index contributed by atoms with van der Waals surface area (Å²) >= 11 is 1.61. The summed E-state index contributed by atoms with van der Waals surface area (Å²) in [4.78, 5) is 10.3. The number of carboxylic acids is 1. The molecule has 3 N–H and O–H groups in total. The van der Waals surface area contributed by atoms with Crippen LogP contribution in [0.5, 0.6) is 0 Å². The Kier molecular flexibility index (Phi) is 4.47. The summed E-state index contributed by atoms with van der Waals surface area (Å²) in [5, 5.41) is 8.44. The van der Waals surface area contributed by atoms with Gasteiger partial charge in [0.25, 0.3) is 0 Å². The lowest BCUT2D eigenvalue weighted by Crippen LogP contribution is -2.37. The minimum absolute atomic E-state index is 0.0486. The highest BCUT2D eigenvalue weighted by Crippen LogP contribution is 2.07. The van der Waals surface area contributed by atoms with Gasteiger partial charge in [0, 0.05) is 0 Å². The van der Waals surface area contributed by atoms with Gasteiger partial charge in [-0.25, -0.2) is 0 Å². The Morgan fingerprint density at radius 2 is 2.30 bits per heavy atom. The quantitative estimate of drug-likeness (QED) is 0.629. The van der Waals surface area contributed by atoms with Crippen molar-refractivity contribution in [1.29, 1.82) is 0 Å². The summed E-state index contributed by atoms with van der Waals surface area (Å²) in [5.74, 6) is -0.0675. The van der Waals surface area contributed by atoms with Crippen LogP contribution in [-0.4, -0.2) is 29.1 Å². The SMILES string of the molecule is CSC[C@@H](C)[C@H](N)C(=O)O. The second-order valence-corrected chi connectivity index (χ2v) is 3.21. The topological polar surface area (TPSA) is 63.3 Å². The fourth-order valence-electron chi connectivity index (χ4n) is 0.610. The summed E-state index contributed by atoms with van der Waals surface area (Å²) < 4.78 is 0. The molecule has 4 heteroatoms. The van der Waals surface area contributed by atoms with Crippen molar-refractivity contribution in [2.24, 2.45) is 11.7 Å². The molecule has 0 unspecified atom stereocenters. The van der Waals surface area contributed by atoms with Gasteiger partial charge in [-0.2, -0.15) is 11.8 Å². The first-order valence-corrected chi connectivity index (χ1v) is 4.46. The number of hydrogen-bond acceptors (Lipinski definition) is 3. The van der Waals surface area contributed by atoms with Crippen LogP contribution < -0.4 is 5.73 Å². The van der Waals surface area contributed by atoms with Gasteiger partial charge in [0.1, 0.15) is 6.04 Å². The molecule has 0 heterocycles. The number of aliphatic carboxylic acids is 1. The van der Waals surface area contributed by atoms with E-state index in [-0.39, 0.29) is 5.92 Å². The van der Waals surface area contributed by atoms with Crippen molar-refractivity contribution < 1.29 is 9.90 Å². The smallest absolute Gasteiger partial charge is 0.320 e. The number of carbonyl (C=O) groups is 1. The minimum Gasteiger partial charge on any atom is -0.480 e. The summed E-state index contributed by atoms with van der Waals surface area (Å²) in [6.45, 7) is 1.84. The maximum Gasteiger partial charge on any atom is 0.320 e. The monoisotopic (exact) mass is 163 g/mol. The zero-order chi connectivity index (χ0) is 8.15. The fourth-order valence-corrected chi connectivity index (χ4v) is 1.34. The van der Waals surface area contributed by atoms with Crippen LogP contribution in [0.15, 0.2) is 0 Å². The van der Waals surface area contributed by atoms with Crippen molar-refractivity contribution >= 4 is 17.7 Å². The lowest BCUT2D eigenvalue weighted by atomic mass is 10.1. The zero-order valence-electron chi connectivity index (χ0n) is 6.20. The number of carboxylic acid groups (broad SMARTS) is 1. The number of thioether (sulfide) groups is 1. The van der Waals surface area contributed by atoms with E-state index in [1.807, 2.05) is 13.2 Å². The van der Waals surface area contributed by atoms with Gasteiger partial charge in [-0.05, 0) is 17.9 Å². The first kappa shape index (κ1) is 9.78. The molecule has 0 saturated carbocycles. The van der Waals surface area contributed by atoms with Gasteiger partial charge in [0.2, 0.25) is 0 Å². The molecule has 0 aromatic heterocycles. The zero-order valence-corrected chi connectivity index (χ0v) is 7.02. The molecule has 0 aromatic rings. The third-order valence-electron chi connectivity index (χ3n) is 1.33. The lowest BCUT2D eigenvalue weighted by molar-refractivity contribution is -0.139. The Balaban J connectivity index is 3.69. The van der Waals surface area contributed by atoms with Gasteiger partial charge in [0.15, 0.2) is 0 Å². The van der Waals surface area contributed by atoms with Crippen LogP contribution in [0, 0.1) is 5.92 Å². The molecule has 0 spiro atoms. The van der Waals surface area contributed by atoms with Crippen LogP contribution in [0.1, 0.15) is 6.92 Å². The molecule has 0 radical (unpaired) electrons. The molecular weight excluding hydrogens is 150 g/mol. The van der Waals surface area contributed by atoms with E-state index >= 15 is 0 Å². The van der Waals surface area contributed by atoms with Gasteiger partial charge in [-0.3, -0.25) is 4.79 Å². The van der Waals surface area contributed by atoms with Crippen LogP contribution in [0.2, 0.25) is 0 Å². The average Bonchev–Trinajstić information content (AvgIpc) is 1.87. The standard InChI is InChI=1S/C6H13NO2S/c1-4(3-10-2)5(7)6(8)9/h4-5H,3,7H2,1-2H3,(H,8,9)/t4-,5+/m1/s1. The van der Waals surface area contributed by atoms with Crippen molar-refractivity contribution in [1.82, 2.24) is 0 Å². The van der Waals surface area contributed by atoms with Crippen LogP contribution in [-0.2, 0) is 4.79 Å². The molecule has 0 amide bonds. The summed E-state index contributed by atoms with van der Waals surface area (Å²) in [5.41, 5.74) is 5.33. The Labute approximate surface area is 65.0 Å². The van der Waals surface area contributed by atoms with Crippen LogP contribution >= 0.6 is 11.8 Å². The summed E-state index contributed by atoms with van der Waals surface area (Å²) in [6, 6.07) is -0.715. The van der Waals surface area contributed by atoms with E-state index < -0.39 is 12.0 Å². The largest absolute Gasteiger partial charge is 0.480 e. The summed E-state index contributed by atoms with van der Waals surface area (Å²) in [6.07, 6.45) is 1.94. The predicted octanol–water partition coefficient (Wildman–Crippen LogP) is 0.397. The normalized spacial score (nSPS) is 16.3. The second kappa shape index (κ2) is 4.57. The van der Waals surface area contributed by atoms with Gasteiger partial charge < -0.3 is 10.8 Å². The molecule has 0 bridgehead atoms. The predicted molar refractivity (Wildman–Crippen MR) is 43.2 cm³/mol. The maximum atomic E-state index is 10.3. The van der Waals surface area contributed by atoms with Gasteiger partial charge in [-0.1, -0.05) is 6.92 Å². The second-order valence-electron chi connectivity index (χ2n) is 2.30. The molecular formula is C6H13NO2S. The molecule has 0 saturated heterocycles. The molecule has 0 aromatic carbocycles. The van der Waals surface area contributed by atoms with E-state index in [4.69, 9.17) is 10.8 Å². The molecule has 0 aliphatic carbocycles. The molecule has 0 aliphatic rings. The van der Waals surface area contributed by atoms with Crippen molar-refractivity contribution in [3.63, 3.8) is 0 Å². The minimum atomic E-state index is -0.915. The van der Waals surface area contributed by atoms with E-state index in [1.165, 1.54) is 0 Å². The third-order valence-corrected chi connectivity index (χ3v) is 2.19. The Hall–Kier alpha value is -0.220. The summed E-state index contributed by atoms with van der Waals surface area (Å²) in [7, 11) is 0. The van der Waals surface area contributed by atoms with E-state index in [1.54, 1.807) is 11.8 Å². The first-order chi connectivity index (χ1) is 4.59. The van der Waals surface area contributed by atoms with E-state index in [2.05, 4.69) is 0 Å². The van der Waals surface area contributed by atoms with Crippen LogP contribution in [0.4, 0.5) is 0 Å². The Bertz CT molecular complexity index is 118. The van der Waals surface area contributed by atoms with Crippen molar-refractivity contribution in [3.8, 4) is 0 Å². The van der Waals surface area contributed by atoms with E-state index in [0.29, 0.717) is 0 Å².